The van der Waals surface area contributed by atoms with Crippen LogP contribution in [0.3, 0.4) is 0 Å². The first-order chi connectivity index (χ1) is 10.3. The number of hydrogen-bond acceptors (Lipinski definition) is 2. The van der Waals surface area contributed by atoms with Crippen LogP contribution >= 0.6 is 0 Å². The molecule has 3 atom stereocenters. The largest absolute Gasteiger partial charge is 0.314 e. The molecule has 0 aromatic heterocycles. The van der Waals surface area contributed by atoms with Gasteiger partial charge in [-0.2, -0.15) is 0 Å². The highest BCUT2D eigenvalue weighted by Gasteiger charge is 2.30. The van der Waals surface area contributed by atoms with Gasteiger partial charge in [0.25, 0.3) is 0 Å². The van der Waals surface area contributed by atoms with E-state index in [4.69, 9.17) is 0 Å². The van der Waals surface area contributed by atoms with Crippen molar-refractivity contribution in [2.24, 2.45) is 5.92 Å². The van der Waals surface area contributed by atoms with Crippen LogP contribution in [0.15, 0.2) is 24.3 Å². The monoisotopic (exact) mass is 286 g/mol. The van der Waals surface area contributed by atoms with Crippen LogP contribution in [-0.2, 0) is 6.42 Å². The zero-order valence-corrected chi connectivity index (χ0v) is 13.6. The Kier molecular flexibility index (Phi) is 4.97. The number of hydrogen-bond donors (Lipinski definition) is 1. The van der Waals surface area contributed by atoms with Crippen molar-refractivity contribution in [1.29, 1.82) is 0 Å². The molecule has 1 aliphatic carbocycles. The molecule has 3 rings (SSSR count). The summed E-state index contributed by atoms with van der Waals surface area (Å²) in [6.45, 7) is 9.54. The zero-order chi connectivity index (χ0) is 14.7. The van der Waals surface area contributed by atoms with Crippen molar-refractivity contribution in [2.75, 3.05) is 26.2 Å². The summed E-state index contributed by atoms with van der Waals surface area (Å²) in [5, 5.41) is 3.59. The Balaban J connectivity index is 1.73. The van der Waals surface area contributed by atoms with Gasteiger partial charge in [-0.05, 0) is 42.2 Å². The number of nitrogens with zero attached hydrogens (tertiary/aromatic N) is 1. The maximum Gasteiger partial charge on any atom is 0.0246 e. The molecule has 1 aliphatic heterocycles. The van der Waals surface area contributed by atoms with Crippen LogP contribution in [0.25, 0.3) is 0 Å². The molecule has 2 heteroatoms. The van der Waals surface area contributed by atoms with Gasteiger partial charge in [0.2, 0.25) is 0 Å². The van der Waals surface area contributed by atoms with E-state index < -0.39 is 0 Å². The molecule has 0 amide bonds. The Bertz CT molecular complexity index is 457. The van der Waals surface area contributed by atoms with Crippen molar-refractivity contribution >= 4 is 0 Å². The molecule has 1 fully saturated rings. The molecule has 0 saturated carbocycles. The highest BCUT2D eigenvalue weighted by Crippen LogP contribution is 2.33. The second-order valence-electron chi connectivity index (χ2n) is 6.94. The van der Waals surface area contributed by atoms with E-state index in [1.54, 1.807) is 11.1 Å². The van der Waals surface area contributed by atoms with Gasteiger partial charge in [-0.25, -0.2) is 0 Å². The molecule has 0 bridgehead atoms. The maximum atomic E-state index is 3.59. The van der Waals surface area contributed by atoms with Crippen molar-refractivity contribution in [3.63, 3.8) is 0 Å². The van der Waals surface area contributed by atoms with Crippen molar-refractivity contribution in [3.8, 4) is 0 Å². The Morgan fingerprint density at radius 1 is 1.33 bits per heavy atom. The molecule has 0 spiro atoms. The molecule has 1 saturated heterocycles. The smallest absolute Gasteiger partial charge is 0.0246 e. The summed E-state index contributed by atoms with van der Waals surface area (Å²) >= 11 is 0. The van der Waals surface area contributed by atoms with Crippen LogP contribution in [0.2, 0.25) is 0 Å². The number of piperazine rings is 1. The van der Waals surface area contributed by atoms with Crippen LogP contribution in [0, 0.1) is 5.92 Å². The molecule has 2 nitrogen and oxygen atoms in total. The lowest BCUT2D eigenvalue weighted by Gasteiger charge is -2.42. The van der Waals surface area contributed by atoms with E-state index in [2.05, 4.69) is 48.3 Å². The minimum absolute atomic E-state index is 0.720. The van der Waals surface area contributed by atoms with Crippen molar-refractivity contribution in [2.45, 2.75) is 51.5 Å². The molecule has 116 valence electrons. The number of rotatable bonds is 4. The van der Waals surface area contributed by atoms with Crippen molar-refractivity contribution in [3.05, 3.63) is 35.4 Å². The first-order valence-corrected chi connectivity index (χ1v) is 8.82. The second kappa shape index (κ2) is 6.93. The number of fused-ring (bicyclic) bond motifs is 1. The zero-order valence-electron chi connectivity index (χ0n) is 13.6. The first kappa shape index (κ1) is 15.1. The quantitative estimate of drug-likeness (QED) is 0.912. The predicted octanol–water partition coefficient (Wildman–Crippen LogP) is 3.43. The lowest BCUT2D eigenvalue weighted by molar-refractivity contribution is 0.106. The summed E-state index contributed by atoms with van der Waals surface area (Å²) in [4.78, 5) is 2.78. The third-order valence-corrected chi connectivity index (χ3v) is 5.65. The third-order valence-electron chi connectivity index (χ3n) is 5.65. The van der Waals surface area contributed by atoms with E-state index in [0.29, 0.717) is 0 Å². The normalized spacial score (nSPS) is 28.1. The van der Waals surface area contributed by atoms with Crippen LogP contribution in [0.4, 0.5) is 0 Å². The molecule has 1 heterocycles. The minimum Gasteiger partial charge on any atom is -0.314 e. The minimum atomic E-state index is 0.720. The van der Waals surface area contributed by atoms with Crippen LogP contribution in [-0.4, -0.2) is 37.1 Å². The van der Waals surface area contributed by atoms with Gasteiger partial charge in [0.05, 0.1) is 0 Å². The topological polar surface area (TPSA) is 15.3 Å². The number of benzene rings is 1. The fourth-order valence-electron chi connectivity index (χ4n) is 4.15. The first-order valence-electron chi connectivity index (χ1n) is 8.82. The fraction of sp³-hybridized carbons (Fsp3) is 0.684. The predicted molar refractivity (Wildman–Crippen MR) is 89.8 cm³/mol. The van der Waals surface area contributed by atoms with Gasteiger partial charge in [0.15, 0.2) is 0 Å². The van der Waals surface area contributed by atoms with Gasteiger partial charge in [-0.15, -0.1) is 0 Å². The molecule has 1 N–H and O–H groups in total. The standard InChI is InChI=1S/C19H30N2/c1-3-15(2)19-13-20-11-12-21(19)14-17-9-6-8-16-7-4-5-10-18(16)17/h4-5,7,10,15,17,19-20H,3,6,8-9,11-14H2,1-2H3. The van der Waals surface area contributed by atoms with E-state index in [1.165, 1.54) is 45.3 Å². The summed E-state index contributed by atoms with van der Waals surface area (Å²) in [6, 6.07) is 9.86. The third kappa shape index (κ3) is 3.32. The molecule has 3 unspecified atom stereocenters. The highest BCUT2D eigenvalue weighted by atomic mass is 15.2. The molecular weight excluding hydrogens is 256 g/mol. The average Bonchev–Trinajstić information content (AvgIpc) is 2.55. The van der Waals surface area contributed by atoms with Crippen LogP contribution < -0.4 is 5.32 Å². The molecule has 2 aliphatic rings. The van der Waals surface area contributed by atoms with Gasteiger partial charge >= 0.3 is 0 Å². The summed E-state index contributed by atoms with van der Waals surface area (Å²) in [5.74, 6) is 1.54. The van der Waals surface area contributed by atoms with E-state index in [9.17, 15) is 0 Å². The summed E-state index contributed by atoms with van der Waals surface area (Å²) < 4.78 is 0. The summed E-state index contributed by atoms with van der Waals surface area (Å²) in [7, 11) is 0. The van der Waals surface area contributed by atoms with Gasteiger partial charge in [0, 0.05) is 32.2 Å². The molecule has 0 radical (unpaired) electrons. The van der Waals surface area contributed by atoms with E-state index >= 15 is 0 Å². The van der Waals surface area contributed by atoms with Gasteiger partial charge < -0.3 is 5.32 Å². The van der Waals surface area contributed by atoms with Crippen molar-refractivity contribution in [1.82, 2.24) is 10.2 Å². The lowest BCUT2D eigenvalue weighted by Crippen LogP contribution is -2.54. The molecular formula is C19H30N2. The van der Waals surface area contributed by atoms with Crippen LogP contribution in [0.1, 0.15) is 50.2 Å². The van der Waals surface area contributed by atoms with E-state index in [1.807, 2.05) is 0 Å². The maximum absolute atomic E-state index is 3.59. The van der Waals surface area contributed by atoms with Gasteiger partial charge in [0.1, 0.15) is 0 Å². The van der Waals surface area contributed by atoms with E-state index in [0.717, 1.165) is 24.4 Å². The van der Waals surface area contributed by atoms with E-state index in [-0.39, 0.29) is 0 Å². The fourth-order valence-corrected chi connectivity index (χ4v) is 4.15. The molecule has 1 aromatic carbocycles. The summed E-state index contributed by atoms with van der Waals surface area (Å²) in [5.41, 5.74) is 3.23. The Morgan fingerprint density at radius 3 is 3.05 bits per heavy atom. The molecule has 21 heavy (non-hydrogen) atoms. The Hall–Kier alpha value is -0.860. The lowest BCUT2D eigenvalue weighted by atomic mass is 9.82. The van der Waals surface area contributed by atoms with Crippen molar-refractivity contribution < 1.29 is 0 Å². The Morgan fingerprint density at radius 2 is 2.19 bits per heavy atom. The van der Waals surface area contributed by atoms with Gasteiger partial charge in [-0.3, -0.25) is 4.90 Å². The number of aryl methyl sites for hydroxylation is 1. The SMILES string of the molecule is CCC(C)C1CNCCN1CC1CCCc2ccccc21. The number of nitrogens with one attached hydrogen (secondary N) is 1. The summed E-state index contributed by atoms with van der Waals surface area (Å²) in [6.07, 6.45) is 5.29. The average molecular weight is 286 g/mol. The second-order valence-corrected chi connectivity index (χ2v) is 6.94. The highest BCUT2D eigenvalue weighted by molar-refractivity contribution is 5.32. The van der Waals surface area contributed by atoms with Crippen LogP contribution in [0.5, 0.6) is 0 Å². The molecule has 1 aromatic rings. The van der Waals surface area contributed by atoms with Gasteiger partial charge in [-0.1, -0.05) is 44.5 Å². The Labute approximate surface area is 129 Å².